The van der Waals surface area contributed by atoms with Crippen molar-refractivity contribution in [1.82, 2.24) is 0 Å². The lowest BCUT2D eigenvalue weighted by molar-refractivity contribution is -0.384. The van der Waals surface area contributed by atoms with E-state index < -0.39 is 20.9 Å². The molecule has 0 spiro atoms. The number of rotatable bonds is 7. The molecule has 1 amide bonds. The van der Waals surface area contributed by atoms with Gasteiger partial charge in [-0.2, -0.15) is 13.7 Å². The van der Waals surface area contributed by atoms with Crippen molar-refractivity contribution in [2.75, 3.05) is 5.32 Å². The summed E-state index contributed by atoms with van der Waals surface area (Å²) in [6.07, 6.45) is 1.30. The molecule has 0 saturated heterocycles. The van der Waals surface area contributed by atoms with Crippen LogP contribution in [-0.2, 0) is 14.9 Å². The van der Waals surface area contributed by atoms with Crippen LogP contribution >= 0.6 is 0 Å². The van der Waals surface area contributed by atoms with Gasteiger partial charge in [0.25, 0.3) is 11.6 Å². The van der Waals surface area contributed by atoms with E-state index in [1.54, 1.807) is 24.3 Å². The highest BCUT2D eigenvalue weighted by Gasteiger charge is 2.18. The molecule has 3 aromatic carbocycles. The number of non-ortho nitro benzene ring substituents is 1. The van der Waals surface area contributed by atoms with Crippen LogP contribution in [0.3, 0.4) is 0 Å². The van der Waals surface area contributed by atoms with E-state index in [1.165, 1.54) is 24.3 Å². The SMILES string of the molecule is Cc1cccc(NC(=O)/C(C#N)=C/c2cccc(OS(=O)(=O)c3ccc([N+](=O)[O-])cc3)c2)c1. The zero-order valence-electron chi connectivity index (χ0n) is 17.3. The molecule has 0 atom stereocenters. The predicted octanol–water partition coefficient (Wildman–Crippen LogP) is 4.22. The molecule has 0 heterocycles. The van der Waals surface area contributed by atoms with Gasteiger partial charge in [0.15, 0.2) is 0 Å². The Bertz CT molecular complexity index is 1390. The van der Waals surface area contributed by atoms with Crippen molar-refractivity contribution in [2.24, 2.45) is 0 Å². The molecule has 0 aliphatic heterocycles. The Morgan fingerprint density at radius 3 is 2.42 bits per heavy atom. The number of aryl methyl sites for hydroxylation is 1. The van der Waals surface area contributed by atoms with Gasteiger partial charge >= 0.3 is 10.1 Å². The third-order valence-electron chi connectivity index (χ3n) is 4.35. The Kier molecular flexibility index (Phi) is 6.85. The van der Waals surface area contributed by atoms with E-state index in [4.69, 9.17) is 4.18 Å². The molecule has 3 aromatic rings. The number of nitro groups is 1. The summed E-state index contributed by atoms with van der Waals surface area (Å²) in [5.41, 5.74) is 1.39. The molecule has 33 heavy (non-hydrogen) atoms. The van der Waals surface area contributed by atoms with E-state index in [-0.39, 0.29) is 21.9 Å². The fourth-order valence-electron chi connectivity index (χ4n) is 2.80. The van der Waals surface area contributed by atoms with Crippen molar-refractivity contribution in [2.45, 2.75) is 11.8 Å². The third-order valence-corrected chi connectivity index (χ3v) is 5.61. The van der Waals surface area contributed by atoms with Crippen LogP contribution in [0.5, 0.6) is 5.75 Å². The number of nitro benzene ring substituents is 1. The van der Waals surface area contributed by atoms with Crippen LogP contribution in [-0.4, -0.2) is 19.2 Å². The minimum atomic E-state index is -4.26. The van der Waals surface area contributed by atoms with Gasteiger partial charge in [-0.15, -0.1) is 0 Å². The second-order valence-corrected chi connectivity index (χ2v) is 8.40. The molecule has 166 valence electrons. The number of carbonyl (C=O) groups is 1. The number of amides is 1. The highest BCUT2D eigenvalue weighted by Crippen LogP contribution is 2.23. The quantitative estimate of drug-likeness (QED) is 0.182. The lowest BCUT2D eigenvalue weighted by Crippen LogP contribution is -2.13. The normalized spacial score (nSPS) is 11.3. The first kappa shape index (κ1) is 23.2. The lowest BCUT2D eigenvalue weighted by Gasteiger charge is -2.08. The third kappa shape index (κ3) is 6.03. The van der Waals surface area contributed by atoms with Gasteiger partial charge in [0.1, 0.15) is 22.3 Å². The van der Waals surface area contributed by atoms with Gasteiger partial charge in [-0.05, 0) is 60.5 Å². The zero-order valence-corrected chi connectivity index (χ0v) is 18.1. The van der Waals surface area contributed by atoms with Crippen LogP contribution in [0.2, 0.25) is 0 Å². The van der Waals surface area contributed by atoms with E-state index in [9.17, 15) is 28.6 Å². The first-order chi connectivity index (χ1) is 15.7. The molecule has 1 N–H and O–H groups in total. The van der Waals surface area contributed by atoms with Gasteiger partial charge in [-0.3, -0.25) is 14.9 Å². The summed E-state index contributed by atoms with van der Waals surface area (Å²) >= 11 is 0. The fraction of sp³-hybridized carbons (Fsp3) is 0.0435. The summed E-state index contributed by atoms with van der Waals surface area (Å²) in [4.78, 5) is 22.3. The maximum atomic E-state index is 12.5. The Labute approximate surface area is 189 Å². The van der Waals surface area contributed by atoms with E-state index in [0.29, 0.717) is 11.3 Å². The Hall–Kier alpha value is -4.49. The van der Waals surface area contributed by atoms with Gasteiger partial charge in [0.2, 0.25) is 0 Å². The number of nitrogens with zero attached hydrogens (tertiary/aromatic N) is 2. The maximum absolute atomic E-state index is 12.5. The number of nitriles is 1. The van der Waals surface area contributed by atoms with Gasteiger partial charge in [-0.25, -0.2) is 0 Å². The Morgan fingerprint density at radius 1 is 1.09 bits per heavy atom. The summed E-state index contributed by atoms with van der Waals surface area (Å²) in [6, 6.07) is 19.0. The summed E-state index contributed by atoms with van der Waals surface area (Å²) < 4.78 is 30.1. The van der Waals surface area contributed by atoms with Crippen LogP contribution in [0.4, 0.5) is 11.4 Å². The van der Waals surface area contributed by atoms with Crippen molar-refractivity contribution in [1.29, 1.82) is 5.26 Å². The average Bonchev–Trinajstić information content (AvgIpc) is 2.77. The highest BCUT2D eigenvalue weighted by atomic mass is 32.2. The van der Waals surface area contributed by atoms with Crippen LogP contribution in [0.15, 0.2) is 83.3 Å². The monoisotopic (exact) mass is 463 g/mol. The predicted molar refractivity (Wildman–Crippen MR) is 121 cm³/mol. The maximum Gasteiger partial charge on any atom is 0.339 e. The van der Waals surface area contributed by atoms with Crippen molar-refractivity contribution < 1.29 is 22.3 Å². The molecule has 0 aliphatic carbocycles. The van der Waals surface area contributed by atoms with Crippen LogP contribution in [0, 0.1) is 28.4 Å². The Morgan fingerprint density at radius 2 is 1.79 bits per heavy atom. The Balaban J connectivity index is 1.80. The second kappa shape index (κ2) is 9.76. The minimum Gasteiger partial charge on any atom is -0.379 e. The smallest absolute Gasteiger partial charge is 0.339 e. The molecule has 0 radical (unpaired) electrons. The van der Waals surface area contributed by atoms with Gasteiger partial charge < -0.3 is 9.50 Å². The van der Waals surface area contributed by atoms with Crippen LogP contribution in [0.1, 0.15) is 11.1 Å². The van der Waals surface area contributed by atoms with Crippen molar-refractivity contribution in [3.63, 3.8) is 0 Å². The molecule has 0 bridgehead atoms. The number of nitrogens with one attached hydrogen (secondary N) is 1. The number of hydrogen-bond donors (Lipinski definition) is 1. The molecule has 0 fully saturated rings. The first-order valence-electron chi connectivity index (χ1n) is 9.47. The number of anilines is 1. The van der Waals surface area contributed by atoms with Gasteiger partial charge in [0, 0.05) is 17.8 Å². The standard InChI is InChI=1S/C23H17N3O6S/c1-16-4-2-6-19(12-16)25-23(27)18(15-24)13-17-5-3-7-21(14-17)32-33(30,31)22-10-8-20(9-11-22)26(28)29/h2-14H,1H3,(H,25,27)/b18-13+. The van der Waals surface area contributed by atoms with Crippen molar-refractivity contribution in [3.8, 4) is 11.8 Å². The molecule has 0 aliphatic rings. The van der Waals surface area contributed by atoms with E-state index in [2.05, 4.69) is 5.32 Å². The molecule has 0 unspecified atom stereocenters. The summed E-state index contributed by atoms with van der Waals surface area (Å²) in [5, 5.41) is 22.8. The molecular weight excluding hydrogens is 446 g/mol. The topological polar surface area (TPSA) is 139 Å². The van der Waals surface area contributed by atoms with Crippen LogP contribution in [0.25, 0.3) is 6.08 Å². The van der Waals surface area contributed by atoms with E-state index in [1.807, 2.05) is 19.1 Å². The zero-order chi connectivity index (χ0) is 24.0. The van der Waals surface area contributed by atoms with E-state index >= 15 is 0 Å². The molecule has 3 rings (SSSR count). The lowest BCUT2D eigenvalue weighted by atomic mass is 10.1. The summed E-state index contributed by atoms with van der Waals surface area (Å²) in [5.74, 6) is -0.675. The molecule has 0 saturated carbocycles. The molecule has 9 nitrogen and oxygen atoms in total. The van der Waals surface area contributed by atoms with Gasteiger partial charge in [-0.1, -0.05) is 24.3 Å². The summed E-state index contributed by atoms with van der Waals surface area (Å²) in [6.45, 7) is 1.87. The van der Waals surface area contributed by atoms with Gasteiger partial charge in [0.05, 0.1) is 4.92 Å². The average molecular weight is 463 g/mol. The molecule has 10 heteroatoms. The fourth-order valence-corrected chi connectivity index (χ4v) is 3.72. The van der Waals surface area contributed by atoms with Crippen LogP contribution < -0.4 is 9.50 Å². The number of hydrogen-bond acceptors (Lipinski definition) is 7. The summed E-state index contributed by atoms with van der Waals surface area (Å²) in [7, 11) is -4.26. The van der Waals surface area contributed by atoms with Crippen molar-refractivity contribution in [3.05, 3.63) is 99.6 Å². The largest absolute Gasteiger partial charge is 0.379 e. The second-order valence-electron chi connectivity index (χ2n) is 6.85. The molecule has 0 aromatic heterocycles. The van der Waals surface area contributed by atoms with Crippen molar-refractivity contribution >= 4 is 33.5 Å². The highest BCUT2D eigenvalue weighted by molar-refractivity contribution is 7.87. The number of carbonyl (C=O) groups excluding carboxylic acids is 1. The van der Waals surface area contributed by atoms with E-state index in [0.717, 1.165) is 29.8 Å². The first-order valence-corrected chi connectivity index (χ1v) is 10.9. The number of benzene rings is 3. The minimum absolute atomic E-state index is 0.0570. The molecular formula is C23H17N3O6S.